The van der Waals surface area contributed by atoms with Crippen molar-refractivity contribution in [1.82, 2.24) is 4.90 Å². The molecular formula is C10H17F2N. The molecule has 1 saturated carbocycles. The summed E-state index contributed by atoms with van der Waals surface area (Å²) in [7, 11) is 0. The van der Waals surface area contributed by atoms with Crippen LogP contribution in [-0.4, -0.2) is 30.5 Å². The lowest BCUT2D eigenvalue weighted by molar-refractivity contribution is 0.0134. The van der Waals surface area contributed by atoms with Gasteiger partial charge in [0.1, 0.15) is 0 Å². The Morgan fingerprint density at radius 1 is 1.38 bits per heavy atom. The summed E-state index contributed by atoms with van der Waals surface area (Å²) in [6, 6.07) is 0.510. The molecule has 76 valence electrons. The number of hydrogen-bond acceptors (Lipinski definition) is 1. The average molecular weight is 189 g/mol. The molecule has 0 aromatic heterocycles. The van der Waals surface area contributed by atoms with Gasteiger partial charge < -0.3 is 4.90 Å². The van der Waals surface area contributed by atoms with E-state index >= 15 is 0 Å². The van der Waals surface area contributed by atoms with Gasteiger partial charge >= 0.3 is 0 Å². The molecule has 0 radical (unpaired) electrons. The topological polar surface area (TPSA) is 3.24 Å². The van der Waals surface area contributed by atoms with Crippen LogP contribution in [0.15, 0.2) is 0 Å². The van der Waals surface area contributed by atoms with Gasteiger partial charge in [-0.15, -0.1) is 0 Å². The molecule has 0 aromatic carbocycles. The Balaban J connectivity index is 1.95. The Morgan fingerprint density at radius 3 is 2.54 bits per heavy atom. The van der Waals surface area contributed by atoms with Crippen molar-refractivity contribution in [3.05, 3.63) is 0 Å². The highest BCUT2D eigenvalue weighted by atomic mass is 19.3. The van der Waals surface area contributed by atoms with E-state index in [0.29, 0.717) is 12.5 Å². The standard InChI is InChI=1S/C10H17F2N/c1-7(2)13-4-3-10(9(11)12)5-8(10)6-13/h7-9H,3-6H2,1-2H3. The van der Waals surface area contributed by atoms with E-state index in [1.165, 1.54) is 0 Å². The molecule has 1 aliphatic carbocycles. The minimum absolute atomic E-state index is 0.281. The van der Waals surface area contributed by atoms with Crippen molar-refractivity contribution in [3.63, 3.8) is 0 Å². The second-order valence-electron chi connectivity index (χ2n) is 4.77. The molecule has 0 amide bonds. The molecule has 1 aliphatic heterocycles. The van der Waals surface area contributed by atoms with Gasteiger partial charge in [0.15, 0.2) is 0 Å². The monoisotopic (exact) mass is 189 g/mol. The molecule has 2 rings (SSSR count). The summed E-state index contributed by atoms with van der Waals surface area (Å²) in [6.45, 7) is 6.02. The van der Waals surface area contributed by atoms with Crippen molar-refractivity contribution < 1.29 is 8.78 Å². The van der Waals surface area contributed by atoms with Gasteiger partial charge in [0.05, 0.1) is 0 Å². The second kappa shape index (κ2) is 2.91. The first-order valence-corrected chi connectivity index (χ1v) is 5.08. The van der Waals surface area contributed by atoms with Crippen molar-refractivity contribution in [2.24, 2.45) is 11.3 Å². The van der Waals surface area contributed by atoms with Crippen molar-refractivity contribution in [3.8, 4) is 0 Å². The number of halogens is 2. The van der Waals surface area contributed by atoms with Crippen molar-refractivity contribution >= 4 is 0 Å². The van der Waals surface area contributed by atoms with Gasteiger partial charge in [0.25, 0.3) is 0 Å². The van der Waals surface area contributed by atoms with Crippen molar-refractivity contribution in [1.29, 1.82) is 0 Å². The molecule has 0 spiro atoms. The smallest absolute Gasteiger partial charge is 0.244 e. The van der Waals surface area contributed by atoms with E-state index in [1.807, 2.05) is 0 Å². The molecule has 2 atom stereocenters. The molecule has 13 heavy (non-hydrogen) atoms. The minimum atomic E-state index is -2.09. The van der Waals surface area contributed by atoms with Gasteiger partial charge in [-0.05, 0) is 39.2 Å². The summed E-state index contributed by atoms with van der Waals surface area (Å²) in [5.74, 6) is 0.281. The second-order valence-corrected chi connectivity index (χ2v) is 4.77. The third kappa shape index (κ3) is 1.37. The first-order valence-electron chi connectivity index (χ1n) is 5.08. The Bertz CT molecular complexity index is 205. The predicted molar refractivity (Wildman–Crippen MR) is 47.9 cm³/mol. The highest BCUT2D eigenvalue weighted by Crippen LogP contribution is 2.61. The Labute approximate surface area is 78.1 Å². The fourth-order valence-corrected chi connectivity index (χ4v) is 2.52. The summed E-state index contributed by atoms with van der Waals surface area (Å²) in [6.07, 6.45) is -0.631. The Morgan fingerprint density at radius 2 is 2.08 bits per heavy atom. The van der Waals surface area contributed by atoms with Crippen LogP contribution in [0.3, 0.4) is 0 Å². The number of likely N-dealkylation sites (tertiary alicyclic amines) is 1. The Hall–Kier alpha value is -0.180. The van der Waals surface area contributed by atoms with E-state index in [9.17, 15) is 8.78 Å². The van der Waals surface area contributed by atoms with Crippen molar-refractivity contribution in [2.45, 2.75) is 39.2 Å². The van der Waals surface area contributed by atoms with Crippen LogP contribution >= 0.6 is 0 Å². The van der Waals surface area contributed by atoms with Gasteiger partial charge in [-0.1, -0.05) is 0 Å². The summed E-state index contributed by atoms with van der Waals surface area (Å²) in [5.41, 5.74) is -0.564. The maximum absolute atomic E-state index is 12.7. The predicted octanol–water partition coefficient (Wildman–Crippen LogP) is 2.37. The van der Waals surface area contributed by atoms with Crippen LogP contribution in [-0.2, 0) is 0 Å². The number of rotatable bonds is 2. The molecule has 3 heteroatoms. The van der Waals surface area contributed by atoms with Gasteiger partial charge in [0.2, 0.25) is 6.43 Å². The SMILES string of the molecule is CC(C)N1CCC2(C(F)F)CC2C1. The quantitative estimate of drug-likeness (QED) is 0.644. The van der Waals surface area contributed by atoms with Crippen LogP contribution in [0.5, 0.6) is 0 Å². The summed E-state index contributed by atoms with van der Waals surface area (Å²) in [4.78, 5) is 2.32. The molecule has 1 heterocycles. The summed E-state index contributed by atoms with van der Waals surface area (Å²) in [5, 5.41) is 0. The number of piperidine rings is 1. The van der Waals surface area contributed by atoms with Crippen LogP contribution in [0.25, 0.3) is 0 Å². The first-order chi connectivity index (χ1) is 6.06. The molecule has 2 fully saturated rings. The molecule has 2 unspecified atom stereocenters. The zero-order chi connectivity index (χ0) is 9.64. The highest BCUT2D eigenvalue weighted by molar-refractivity contribution is 5.08. The first kappa shape index (κ1) is 9.38. The molecule has 2 aliphatic rings. The van der Waals surface area contributed by atoms with Gasteiger partial charge in [-0.2, -0.15) is 0 Å². The molecule has 0 bridgehead atoms. The van der Waals surface area contributed by atoms with Crippen LogP contribution in [0.2, 0.25) is 0 Å². The summed E-state index contributed by atoms with van der Waals surface area (Å²) < 4.78 is 25.3. The van der Waals surface area contributed by atoms with E-state index in [1.54, 1.807) is 0 Å². The van der Waals surface area contributed by atoms with Gasteiger partial charge in [-0.25, -0.2) is 8.78 Å². The molecule has 1 saturated heterocycles. The van der Waals surface area contributed by atoms with Gasteiger partial charge in [-0.3, -0.25) is 0 Å². The van der Waals surface area contributed by atoms with Crippen LogP contribution in [0.1, 0.15) is 26.7 Å². The normalized spacial score (nSPS) is 39.7. The fourth-order valence-electron chi connectivity index (χ4n) is 2.52. The van der Waals surface area contributed by atoms with Crippen LogP contribution < -0.4 is 0 Å². The molecule has 0 aromatic rings. The lowest BCUT2D eigenvalue weighted by Gasteiger charge is -2.33. The number of fused-ring (bicyclic) bond motifs is 1. The average Bonchev–Trinajstić information content (AvgIpc) is 2.77. The minimum Gasteiger partial charge on any atom is -0.301 e. The maximum atomic E-state index is 12.7. The Kier molecular flexibility index (Phi) is 2.10. The van der Waals surface area contributed by atoms with E-state index in [-0.39, 0.29) is 5.92 Å². The zero-order valence-corrected chi connectivity index (χ0v) is 8.26. The van der Waals surface area contributed by atoms with Crippen LogP contribution in [0, 0.1) is 11.3 Å². The fraction of sp³-hybridized carbons (Fsp3) is 1.00. The van der Waals surface area contributed by atoms with E-state index in [2.05, 4.69) is 18.7 Å². The lowest BCUT2D eigenvalue weighted by atomic mass is 9.95. The maximum Gasteiger partial charge on any atom is 0.244 e. The highest BCUT2D eigenvalue weighted by Gasteiger charge is 2.62. The van der Waals surface area contributed by atoms with E-state index in [0.717, 1.165) is 19.5 Å². The zero-order valence-electron chi connectivity index (χ0n) is 8.26. The largest absolute Gasteiger partial charge is 0.301 e. The lowest BCUT2D eigenvalue weighted by Crippen LogP contribution is -2.41. The van der Waals surface area contributed by atoms with Gasteiger partial charge in [0, 0.05) is 18.0 Å². The van der Waals surface area contributed by atoms with Crippen LogP contribution in [0.4, 0.5) is 8.78 Å². The molecule has 1 nitrogen and oxygen atoms in total. The number of alkyl halides is 2. The molecular weight excluding hydrogens is 172 g/mol. The van der Waals surface area contributed by atoms with E-state index < -0.39 is 11.8 Å². The third-order valence-corrected chi connectivity index (χ3v) is 3.76. The molecule has 0 N–H and O–H groups in total. The number of hydrogen-bond donors (Lipinski definition) is 0. The summed E-state index contributed by atoms with van der Waals surface area (Å²) >= 11 is 0. The number of nitrogens with zero attached hydrogens (tertiary/aromatic N) is 1. The van der Waals surface area contributed by atoms with E-state index in [4.69, 9.17) is 0 Å². The van der Waals surface area contributed by atoms with Crippen molar-refractivity contribution in [2.75, 3.05) is 13.1 Å². The third-order valence-electron chi connectivity index (χ3n) is 3.76.